The monoisotopic (exact) mass is 320 g/mol. The van der Waals surface area contributed by atoms with Crippen molar-refractivity contribution in [1.29, 1.82) is 0 Å². The standard InChI is InChI=1S/C16H24N4O3/c1-2-3-12-11(9-18-19-12)14(21)20-6-4-16(5-7-20)8-13(15(22)23)17-10-16/h9,13,17H,2-8,10H2,1H3,(H,18,19)(H,22,23). The van der Waals surface area contributed by atoms with Crippen molar-refractivity contribution >= 4 is 11.9 Å². The van der Waals surface area contributed by atoms with Crippen LogP contribution < -0.4 is 5.32 Å². The molecule has 0 aliphatic carbocycles. The SMILES string of the molecule is CCCc1[nH]ncc1C(=O)N1CCC2(CC1)CNC(C(=O)O)C2. The van der Waals surface area contributed by atoms with Crippen LogP contribution in [0.25, 0.3) is 0 Å². The van der Waals surface area contributed by atoms with Gasteiger partial charge in [-0.2, -0.15) is 5.10 Å². The van der Waals surface area contributed by atoms with Crippen molar-refractivity contribution in [3.63, 3.8) is 0 Å². The Bertz CT molecular complexity index is 590. The van der Waals surface area contributed by atoms with E-state index in [0.29, 0.717) is 25.1 Å². The molecule has 7 heteroatoms. The second-order valence-electron chi connectivity index (χ2n) is 6.78. The lowest BCUT2D eigenvalue weighted by atomic mass is 9.76. The predicted molar refractivity (Wildman–Crippen MR) is 84.2 cm³/mol. The third kappa shape index (κ3) is 3.10. The normalized spacial score (nSPS) is 23.3. The number of aliphatic carboxylic acids is 1. The van der Waals surface area contributed by atoms with Crippen molar-refractivity contribution in [1.82, 2.24) is 20.4 Å². The summed E-state index contributed by atoms with van der Waals surface area (Å²) < 4.78 is 0. The Morgan fingerprint density at radius 2 is 2.17 bits per heavy atom. The fourth-order valence-electron chi connectivity index (χ4n) is 3.76. The topological polar surface area (TPSA) is 98.3 Å². The molecule has 1 aromatic heterocycles. The third-order valence-corrected chi connectivity index (χ3v) is 5.22. The van der Waals surface area contributed by atoms with Crippen LogP contribution in [0.2, 0.25) is 0 Å². The lowest BCUT2D eigenvalue weighted by Gasteiger charge is -2.39. The van der Waals surface area contributed by atoms with E-state index in [1.54, 1.807) is 6.20 Å². The summed E-state index contributed by atoms with van der Waals surface area (Å²) in [5.74, 6) is -0.735. The zero-order valence-corrected chi connectivity index (χ0v) is 13.5. The van der Waals surface area contributed by atoms with Crippen molar-refractivity contribution < 1.29 is 14.7 Å². The Hall–Kier alpha value is -1.89. The maximum atomic E-state index is 12.7. The molecule has 1 unspecified atom stereocenters. The number of carbonyl (C=O) groups excluding carboxylic acids is 1. The van der Waals surface area contributed by atoms with Gasteiger partial charge < -0.3 is 15.3 Å². The van der Waals surface area contributed by atoms with Crippen molar-refractivity contribution in [2.75, 3.05) is 19.6 Å². The second-order valence-corrected chi connectivity index (χ2v) is 6.78. The van der Waals surface area contributed by atoms with Gasteiger partial charge in [0.05, 0.1) is 11.8 Å². The van der Waals surface area contributed by atoms with E-state index in [0.717, 1.165) is 37.9 Å². The van der Waals surface area contributed by atoms with Crippen molar-refractivity contribution in [2.45, 2.75) is 45.1 Å². The van der Waals surface area contributed by atoms with Crippen LogP contribution in [0.5, 0.6) is 0 Å². The van der Waals surface area contributed by atoms with Crippen LogP contribution in [-0.2, 0) is 11.2 Å². The Labute approximate surface area is 135 Å². The average molecular weight is 320 g/mol. The number of aryl methyl sites for hydroxylation is 1. The van der Waals surface area contributed by atoms with Gasteiger partial charge in [0.15, 0.2) is 0 Å². The Kier molecular flexibility index (Phi) is 4.39. The van der Waals surface area contributed by atoms with E-state index in [1.165, 1.54) is 0 Å². The van der Waals surface area contributed by atoms with Crippen LogP contribution in [0.3, 0.4) is 0 Å². The summed E-state index contributed by atoms with van der Waals surface area (Å²) in [5, 5.41) is 19.2. The largest absolute Gasteiger partial charge is 0.480 e. The maximum Gasteiger partial charge on any atom is 0.320 e. The molecule has 2 aliphatic heterocycles. The highest BCUT2D eigenvalue weighted by Gasteiger charge is 2.44. The highest BCUT2D eigenvalue weighted by molar-refractivity contribution is 5.95. The van der Waals surface area contributed by atoms with Gasteiger partial charge in [-0.05, 0) is 31.1 Å². The van der Waals surface area contributed by atoms with Gasteiger partial charge in [0.2, 0.25) is 0 Å². The molecular formula is C16H24N4O3. The van der Waals surface area contributed by atoms with Gasteiger partial charge in [-0.25, -0.2) is 0 Å². The van der Waals surface area contributed by atoms with E-state index >= 15 is 0 Å². The number of rotatable bonds is 4. The summed E-state index contributed by atoms with van der Waals surface area (Å²) in [4.78, 5) is 25.7. The summed E-state index contributed by atoms with van der Waals surface area (Å²) in [6.45, 7) is 4.18. The number of carbonyl (C=O) groups is 2. The first-order valence-corrected chi connectivity index (χ1v) is 8.32. The number of likely N-dealkylation sites (tertiary alicyclic amines) is 1. The van der Waals surface area contributed by atoms with Gasteiger partial charge in [0.25, 0.3) is 5.91 Å². The summed E-state index contributed by atoms with van der Waals surface area (Å²) in [6.07, 6.45) is 5.79. The highest BCUT2D eigenvalue weighted by atomic mass is 16.4. The fraction of sp³-hybridized carbons (Fsp3) is 0.688. The minimum atomic E-state index is -0.775. The summed E-state index contributed by atoms with van der Waals surface area (Å²) in [6, 6.07) is -0.442. The maximum absolute atomic E-state index is 12.7. The quantitative estimate of drug-likeness (QED) is 0.770. The number of hydrogen-bond donors (Lipinski definition) is 3. The number of carboxylic acid groups (broad SMARTS) is 1. The predicted octanol–water partition coefficient (Wildman–Crippen LogP) is 1.03. The Morgan fingerprint density at radius 3 is 2.78 bits per heavy atom. The van der Waals surface area contributed by atoms with Crippen molar-refractivity contribution in [2.24, 2.45) is 5.41 Å². The molecule has 0 radical (unpaired) electrons. The molecule has 2 aliphatic rings. The summed E-state index contributed by atoms with van der Waals surface area (Å²) in [7, 11) is 0. The number of nitrogens with one attached hydrogen (secondary N) is 2. The van der Waals surface area contributed by atoms with E-state index in [9.17, 15) is 9.59 Å². The van der Waals surface area contributed by atoms with E-state index in [1.807, 2.05) is 4.90 Å². The molecule has 3 N–H and O–H groups in total. The molecule has 3 heterocycles. The van der Waals surface area contributed by atoms with Crippen LogP contribution in [-0.4, -0.2) is 57.8 Å². The first-order valence-electron chi connectivity index (χ1n) is 8.32. The van der Waals surface area contributed by atoms with Gasteiger partial charge in [-0.3, -0.25) is 14.7 Å². The van der Waals surface area contributed by atoms with Gasteiger partial charge in [-0.15, -0.1) is 0 Å². The number of piperidine rings is 1. The minimum Gasteiger partial charge on any atom is -0.480 e. The first kappa shape index (κ1) is 16.0. The minimum absolute atomic E-state index is 0.0302. The molecule has 0 bridgehead atoms. The van der Waals surface area contributed by atoms with Gasteiger partial charge in [0.1, 0.15) is 6.04 Å². The molecule has 23 heavy (non-hydrogen) atoms. The fourth-order valence-corrected chi connectivity index (χ4v) is 3.76. The van der Waals surface area contributed by atoms with Crippen LogP contribution in [0.1, 0.15) is 48.7 Å². The number of amides is 1. The number of aromatic nitrogens is 2. The van der Waals surface area contributed by atoms with Crippen LogP contribution in [0, 0.1) is 5.41 Å². The number of aromatic amines is 1. The molecule has 126 valence electrons. The molecular weight excluding hydrogens is 296 g/mol. The third-order valence-electron chi connectivity index (χ3n) is 5.22. The van der Waals surface area contributed by atoms with E-state index in [2.05, 4.69) is 22.4 Å². The molecule has 0 saturated carbocycles. The molecule has 2 saturated heterocycles. The van der Waals surface area contributed by atoms with Crippen LogP contribution in [0.4, 0.5) is 0 Å². The average Bonchev–Trinajstić information content (AvgIpc) is 3.16. The molecule has 0 aromatic carbocycles. The molecule has 1 spiro atoms. The number of nitrogens with zero attached hydrogens (tertiary/aromatic N) is 2. The van der Waals surface area contributed by atoms with E-state index < -0.39 is 12.0 Å². The molecule has 1 amide bonds. The van der Waals surface area contributed by atoms with Crippen molar-refractivity contribution in [3.8, 4) is 0 Å². The summed E-state index contributed by atoms with van der Waals surface area (Å²) >= 11 is 0. The smallest absolute Gasteiger partial charge is 0.320 e. The summed E-state index contributed by atoms with van der Waals surface area (Å²) in [5.41, 5.74) is 1.62. The van der Waals surface area contributed by atoms with Gasteiger partial charge in [-0.1, -0.05) is 13.3 Å². The van der Waals surface area contributed by atoms with Gasteiger partial charge >= 0.3 is 5.97 Å². The zero-order valence-electron chi connectivity index (χ0n) is 13.5. The lowest BCUT2D eigenvalue weighted by molar-refractivity contribution is -0.139. The van der Waals surface area contributed by atoms with E-state index in [-0.39, 0.29) is 11.3 Å². The molecule has 7 nitrogen and oxygen atoms in total. The number of hydrogen-bond acceptors (Lipinski definition) is 4. The second kappa shape index (κ2) is 6.31. The van der Waals surface area contributed by atoms with Crippen molar-refractivity contribution in [3.05, 3.63) is 17.5 Å². The Balaban J connectivity index is 1.62. The zero-order chi connectivity index (χ0) is 16.4. The van der Waals surface area contributed by atoms with Crippen LogP contribution in [0.15, 0.2) is 6.20 Å². The first-order chi connectivity index (χ1) is 11.0. The molecule has 2 fully saturated rings. The molecule has 1 aromatic rings. The molecule has 1 atom stereocenters. The highest BCUT2D eigenvalue weighted by Crippen LogP contribution is 2.39. The van der Waals surface area contributed by atoms with Crippen LogP contribution >= 0.6 is 0 Å². The Morgan fingerprint density at radius 1 is 1.43 bits per heavy atom. The van der Waals surface area contributed by atoms with Gasteiger partial charge in [0, 0.05) is 25.3 Å². The number of carboxylic acids is 1. The number of H-pyrrole nitrogens is 1. The molecule has 3 rings (SSSR count). The van der Waals surface area contributed by atoms with E-state index in [4.69, 9.17) is 5.11 Å². The lowest BCUT2D eigenvalue weighted by Crippen LogP contribution is -2.44.